The molecule has 15 heteroatoms. The van der Waals surface area contributed by atoms with Gasteiger partial charge in [0.15, 0.2) is 17.4 Å². The minimum atomic E-state index is -4.09. The molecule has 0 aliphatic carbocycles. The van der Waals surface area contributed by atoms with Crippen molar-refractivity contribution in [2.75, 3.05) is 31.7 Å². The Balaban J connectivity index is 1.72. The highest BCUT2D eigenvalue weighted by atomic mass is 35.5. The van der Waals surface area contributed by atoms with Crippen LogP contribution >= 0.6 is 11.6 Å². The Hall–Kier alpha value is -3.07. The maximum Gasteiger partial charge on any atom is 0.257 e. The molecule has 4 rings (SSSR count). The molecule has 13 nitrogen and oxygen atoms in total. The van der Waals surface area contributed by atoms with Crippen LogP contribution in [0.15, 0.2) is 24.7 Å². The molecule has 1 aliphatic heterocycles. The fourth-order valence-corrected chi connectivity index (χ4v) is 5.16. The van der Waals surface area contributed by atoms with Gasteiger partial charge in [0.05, 0.1) is 35.9 Å². The van der Waals surface area contributed by atoms with Gasteiger partial charge in [0.25, 0.3) is 5.88 Å². The second-order valence-corrected chi connectivity index (χ2v) is 11.3. The largest absolute Gasteiger partial charge is 0.485 e. The lowest BCUT2D eigenvalue weighted by atomic mass is 10.2. The summed E-state index contributed by atoms with van der Waals surface area (Å²) in [6.45, 7) is 7.68. The van der Waals surface area contributed by atoms with Crippen molar-refractivity contribution in [1.82, 2.24) is 29.7 Å². The predicted octanol–water partition coefficient (Wildman–Crippen LogP) is 3.06. The fraction of sp³-hybridized carbons (Fsp3) is 0.522. The highest BCUT2D eigenvalue weighted by Gasteiger charge is 2.37. The summed E-state index contributed by atoms with van der Waals surface area (Å²) in [5, 5.41) is 7.69. The maximum absolute atomic E-state index is 13.6. The number of halogens is 1. The average molecular weight is 568 g/mol. The molecule has 0 saturated carbocycles. The van der Waals surface area contributed by atoms with Crippen LogP contribution in [0, 0.1) is 0 Å². The summed E-state index contributed by atoms with van der Waals surface area (Å²) >= 11 is 5.92. The van der Waals surface area contributed by atoms with E-state index in [4.69, 9.17) is 30.5 Å². The summed E-state index contributed by atoms with van der Waals surface area (Å²) < 4.78 is 54.5. The van der Waals surface area contributed by atoms with E-state index in [-0.39, 0.29) is 31.1 Å². The molecule has 3 aromatic heterocycles. The van der Waals surface area contributed by atoms with Crippen LogP contribution in [0.4, 0.5) is 5.95 Å². The molecule has 3 atom stereocenters. The van der Waals surface area contributed by atoms with Gasteiger partial charge in [-0.25, -0.2) is 23.4 Å². The number of sulfonamides is 1. The van der Waals surface area contributed by atoms with Crippen LogP contribution in [0.2, 0.25) is 5.02 Å². The van der Waals surface area contributed by atoms with Crippen LogP contribution in [0.5, 0.6) is 11.6 Å². The number of nitrogens with one attached hydrogen (secondary N) is 1. The van der Waals surface area contributed by atoms with E-state index in [1.807, 2.05) is 6.92 Å². The van der Waals surface area contributed by atoms with E-state index in [0.717, 1.165) is 0 Å². The molecular formula is C23H30ClN7O6S. The summed E-state index contributed by atoms with van der Waals surface area (Å²) in [7, 11) is -2.55. The predicted molar refractivity (Wildman–Crippen MR) is 139 cm³/mol. The number of fused-ring (bicyclic) bond motifs is 3. The van der Waals surface area contributed by atoms with Crippen LogP contribution in [0.3, 0.4) is 0 Å². The van der Waals surface area contributed by atoms with Gasteiger partial charge in [-0.05, 0) is 33.8 Å². The number of anilines is 1. The number of aromatic nitrogens is 6. The third-order valence-electron chi connectivity index (χ3n) is 5.70. The standard InChI is InChI=1S/C23H30ClN7O6S/c1-6-35-22-19-17(7-8-25-22)21-28-29-23(31(21)16(11-34-5)12-36-19)30-38(32,33)14(4)18(37-13(2)3)20-26-9-15(24)10-27-20/h7-10,13-14,16,18H,6,11-12H2,1-5H3,(H,29,30)/t14-,16+,18+/m0/s1. The molecular weight excluding hydrogens is 538 g/mol. The number of ether oxygens (including phenoxy) is 4. The van der Waals surface area contributed by atoms with Gasteiger partial charge in [-0.1, -0.05) is 11.6 Å². The molecule has 0 fully saturated rings. The van der Waals surface area contributed by atoms with Crippen LogP contribution in [0.25, 0.3) is 11.4 Å². The molecule has 38 heavy (non-hydrogen) atoms. The van der Waals surface area contributed by atoms with E-state index in [2.05, 4.69) is 29.9 Å². The Morgan fingerprint density at radius 2 is 1.95 bits per heavy atom. The van der Waals surface area contributed by atoms with Gasteiger partial charge in [0, 0.05) is 25.7 Å². The van der Waals surface area contributed by atoms with Crippen molar-refractivity contribution in [1.29, 1.82) is 0 Å². The SMILES string of the molecule is CCOc1nccc2c1OC[C@@H](COC)n1c(NS(=O)(=O)[C@@H](C)[C@@H](OC(C)C)c3ncc(Cl)cn3)nnc1-2. The molecule has 0 bridgehead atoms. The first-order valence-corrected chi connectivity index (χ1v) is 13.9. The van der Waals surface area contributed by atoms with Crippen molar-refractivity contribution in [3.05, 3.63) is 35.5 Å². The summed E-state index contributed by atoms with van der Waals surface area (Å²) in [5.41, 5.74) is 0.559. The van der Waals surface area contributed by atoms with E-state index >= 15 is 0 Å². The second kappa shape index (κ2) is 11.8. The lowest BCUT2D eigenvalue weighted by Crippen LogP contribution is -2.35. The van der Waals surface area contributed by atoms with Gasteiger partial charge < -0.3 is 18.9 Å². The second-order valence-electron chi connectivity index (χ2n) is 8.78. The van der Waals surface area contributed by atoms with Crippen molar-refractivity contribution in [2.24, 2.45) is 0 Å². The Morgan fingerprint density at radius 1 is 1.21 bits per heavy atom. The summed E-state index contributed by atoms with van der Waals surface area (Å²) in [4.78, 5) is 12.6. The Morgan fingerprint density at radius 3 is 2.61 bits per heavy atom. The van der Waals surface area contributed by atoms with Crippen molar-refractivity contribution in [3.8, 4) is 23.0 Å². The quantitative estimate of drug-likeness (QED) is 0.363. The molecule has 0 spiro atoms. The molecule has 0 amide bonds. The maximum atomic E-state index is 13.6. The summed E-state index contributed by atoms with van der Waals surface area (Å²) in [6.07, 6.45) is 3.08. The molecule has 1 aliphatic rings. The van der Waals surface area contributed by atoms with Gasteiger partial charge in [-0.3, -0.25) is 9.29 Å². The Bertz CT molecular complexity index is 1350. The Labute approximate surface area is 225 Å². The lowest BCUT2D eigenvalue weighted by Gasteiger charge is -2.26. The normalized spacial score (nSPS) is 16.7. The van der Waals surface area contributed by atoms with Crippen LogP contribution in [-0.4, -0.2) is 76.4 Å². The molecule has 206 valence electrons. The third-order valence-corrected chi connectivity index (χ3v) is 7.59. The number of methoxy groups -OCH3 is 1. The molecule has 1 N–H and O–H groups in total. The van der Waals surface area contributed by atoms with Crippen molar-refractivity contribution >= 4 is 27.6 Å². The highest BCUT2D eigenvalue weighted by Crippen LogP contribution is 2.41. The summed E-state index contributed by atoms with van der Waals surface area (Å²) in [5.74, 6) is 1.28. The first-order valence-electron chi connectivity index (χ1n) is 12.0. The van der Waals surface area contributed by atoms with Gasteiger partial charge in [-0.15, -0.1) is 10.2 Å². The molecule has 3 aromatic rings. The number of nitrogens with zero attached hydrogens (tertiary/aromatic N) is 6. The minimum Gasteiger partial charge on any atom is -0.485 e. The van der Waals surface area contributed by atoms with Gasteiger partial charge >= 0.3 is 0 Å². The van der Waals surface area contributed by atoms with Crippen molar-refractivity contribution in [2.45, 2.75) is 51.2 Å². The lowest BCUT2D eigenvalue weighted by molar-refractivity contribution is 0.00154. The van der Waals surface area contributed by atoms with Crippen molar-refractivity contribution < 1.29 is 27.4 Å². The van der Waals surface area contributed by atoms with Gasteiger partial charge in [-0.2, -0.15) is 0 Å². The molecule has 0 radical (unpaired) electrons. The van der Waals surface area contributed by atoms with Crippen molar-refractivity contribution in [3.63, 3.8) is 0 Å². The van der Waals surface area contributed by atoms with E-state index < -0.39 is 27.4 Å². The van der Waals surface area contributed by atoms with Crippen LogP contribution < -0.4 is 14.2 Å². The van der Waals surface area contributed by atoms with E-state index in [9.17, 15) is 8.42 Å². The summed E-state index contributed by atoms with van der Waals surface area (Å²) in [6, 6.07) is 1.25. The van der Waals surface area contributed by atoms with E-state index in [1.165, 1.54) is 19.3 Å². The van der Waals surface area contributed by atoms with E-state index in [0.29, 0.717) is 34.6 Å². The fourth-order valence-electron chi connectivity index (χ4n) is 3.97. The number of rotatable bonds is 11. The molecule has 0 saturated heterocycles. The number of hydrogen-bond acceptors (Lipinski definition) is 11. The number of pyridine rings is 1. The zero-order valence-corrected chi connectivity index (χ0v) is 23.2. The molecule has 0 aromatic carbocycles. The van der Waals surface area contributed by atoms with Gasteiger partial charge in [0.2, 0.25) is 16.0 Å². The number of hydrogen-bond donors (Lipinski definition) is 1. The monoisotopic (exact) mass is 567 g/mol. The average Bonchev–Trinajstić information content (AvgIpc) is 3.20. The topological polar surface area (TPSA) is 152 Å². The first-order chi connectivity index (χ1) is 18.2. The zero-order chi connectivity index (χ0) is 27.4. The van der Waals surface area contributed by atoms with Crippen LogP contribution in [-0.2, 0) is 19.5 Å². The van der Waals surface area contributed by atoms with Gasteiger partial charge in [0.1, 0.15) is 18.0 Å². The molecule has 4 heterocycles. The van der Waals surface area contributed by atoms with Crippen LogP contribution in [0.1, 0.15) is 45.7 Å². The third kappa shape index (κ3) is 5.82. The highest BCUT2D eigenvalue weighted by molar-refractivity contribution is 7.93. The van der Waals surface area contributed by atoms with E-state index in [1.54, 1.807) is 37.8 Å². The first kappa shape index (κ1) is 28.0. The minimum absolute atomic E-state index is 0.000411. The molecule has 0 unspecified atom stereocenters. The Kier molecular flexibility index (Phi) is 8.65. The smallest absolute Gasteiger partial charge is 0.257 e. The zero-order valence-electron chi connectivity index (χ0n) is 21.7.